The highest BCUT2D eigenvalue weighted by atomic mass is 15.1. The summed E-state index contributed by atoms with van der Waals surface area (Å²) in [5.74, 6) is 0.814. The molecule has 1 aliphatic heterocycles. The van der Waals surface area contributed by atoms with Crippen LogP contribution in [0.2, 0.25) is 0 Å². The maximum Gasteiger partial charge on any atom is 0.0233 e. The van der Waals surface area contributed by atoms with Crippen LogP contribution in [0.1, 0.15) is 18.9 Å². The summed E-state index contributed by atoms with van der Waals surface area (Å²) in [6, 6.07) is 11.4. The standard InChI is InChI=1S/C14H22N2/c1-12(15-2)14-8-9-16(11-14)10-13-6-4-3-5-7-13/h3-7,12,14-15H,8-11H2,1-2H3/t12-,14?/m1/s1. The lowest BCUT2D eigenvalue weighted by molar-refractivity contribution is 0.301. The van der Waals surface area contributed by atoms with Crippen molar-refractivity contribution in [2.24, 2.45) is 5.92 Å². The van der Waals surface area contributed by atoms with Crippen LogP contribution in [0.15, 0.2) is 30.3 Å². The Morgan fingerprint density at radius 1 is 1.38 bits per heavy atom. The fourth-order valence-corrected chi connectivity index (χ4v) is 2.49. The van der Waals surface area contributed by atoms with Gasteiger partial charge in [-0.1, -0.05) is 30.3 Å². The average Bonchev–Trinajstić information content (AvgIpc) is 2.78. The molecule has 2 rings (SSSR count). The molecule has 0 radical (unpaired) electrons. The third kappa shape index (κ3) is 2.83. The zero-order chi connectivity index (χ0) is 11.4. The van der Waals surface area contributed by atoms with E-state index in [9.17, 15) is 0 Å². The molecule has 1 fully saturated rings. The Labute approximate surface area is 98.7 Å². The number of likely N-dealkylation sites (tertiary alicyclic amines) is 1. The van der Waals surface area contributed by atoms with Crippen molar-refractivity contribution in [3.8, 4) is 0 Å². The van der Waals surface area contributed by atoms with Crippen LogP contribution in [-0.4, -0.2) is 31.1 Å². The molecule has 1 unspecified atom stereocenters. The van der Waals surface area contributed by atoms with Gasteiger partial charge in [-0.05, 0) is 38.4 Å². The quantitative estimate of drug-likeness (QED) is 0.832. The lowest BCUT2D eigenvalue weighted by Crippen LogP contribution is -2.32. The van der Waals surface area contributed by atoms with Crippen molar-refractivity contribution in [2.45, 2.75) is 25.9 Å². The van der Waals surface area contributed by atoms with Crippen LogP contribution in [0.5, 0.6) is 0 Å². The maximum atomic E-state index is 3.36. The molecule has 1 aliphatic rings. The zero-order valence-electron chi connectivity index (χ0n) is 10.3. The molecule has 0 spiro atoms. The molecular weight excluding hydrogens is 196 g/mol. The van der Waals surface area contributed by atoms with E-state index in [2.05, 4.69) is 54.5 Å². The van der Waals surface area contributed by atoms with Gasteiger partial charge in [0.1, 0.15) is 0 Å². The summed E-state index contributed by atoms with van der Waals surface area (Å²) in [7, 11) is 2.06. The van der Waals surface area contributed by atoms with Gasteiger partial charge in [-0.2, -0.15) is 0 Å². The van der Waals surface area contributed by atoms with E-state index in [1.807, 2.05) is 0 Å². The summed E-state index contributed by atoms with van der Waals surface area (Å²) in [5.41, 5.74) is 1.43. The van der Waals surface area contributed by atoms with Gasteiger partial charge in [-0.25, -0.2) is 0 Å². The predicted octanol–water partition coefficient (Wildman–Crippen LogP) is 2.12. The van der Waals surface area contributed by atoms with E-state index in [1.165, 1.54) is 25.1 Å². The second-order valence-electron chi connectivity index (χ2n) is 4.85. The molecule has 0 amide bonds. The van der Waals surface area contributed by atoms with Gasteiger partial charge in [0, 0.05) is 19.1 Å². The minimum Gasteiger partial charge on any atom is -0.317 e. The second-order valence-corrected chi connectivity index (χ2v) is 4.85. The van der Waals surface area contributed by atoms with Crippen molar-refractivity contribution >= 4 is 0 Å². The van der Waals surface area contributed by atoms with E-state index in [-0.39, 0.29) is 0 Å². The topological polar surface area (TPSA) is 15.3 Å². The van der Waals surface area contributed by atoms with Crippen molar-refractivity contribution in [1.29, 1.82) is 0 Å². The van der Waals surface area contributed by atoms with E-state index < -0.39 is 0 Å². The largest absolute Gasteiger partial charge is 0.317 e. The third-order valence-corrected chi connectivity index (χ3v) is 3.72. The summed E-state index contributed by atoms with van der Waals surface area (Å²) in [6.07, 6.45) is 1.33. The Balaban J connectivity index is 1.85. The minimum atomic E-state index is 0.640. The molecule has 0 aliphatic carbocycles. The molecule has 1 N–H and O–H groups in total. The molecule has 2 nitrogen and oxygen atoms in total. The molecule has 2 atom stereocenters. The fraction of sp³-hybridized carbons (Fsp3) is 0.571. The maximum absolute atomic E-state index is 3.36. The molecule has 0 bridgehead atoms. The van der Waals surface area contributed by atoms with Crippen molar-refractivity contribution < 1.29 is 0 Å². The van der Waals surface area contributed by atoms with Gasteiger partial charge in [0.2, 0.25) is 0 Å². The molecule has 0 aromatic heterocycles. The number of rotatable bonds is 4. The van der Waals surface area contributed by atoms with Crippen LogP contribution in [0.25, 0.3) is 0 Å². The van der Waals surface area contributed by atoms with Gasteiger partial charge in [0.05, 0.1) is 0 Å². The summed E-state index contributed by atoms with van der Waals surface area (Å²) in [4.78, 5) is 2.56. The van der Waals surface area contributed by atoms with E-state index in [1.54, 1.807) is 0 Å². The second kappa shape index (κ2) is 5.46. The summed E-state index contributed by atoms with van der Waals surface area (Å²) >= 11 is 0. The Morgan fingerprint density at radius 3 is 2.81 bits per heavy atom. The Morgan fingerprint density at radius 2 is 2.12 bits per heavy atom. The van der Waals surface area contributed by atoms with Crippen molar-refractivity contribution in [3.05, 3.63) is 35.9 Å². The normalized spacial score (nSPS) is 23.5. The Kier molecular flexibility index (Phi) is 3.97. The molecule has 88 valence electrons. The van der Waals surface area contributed by atoms with Gasteiger partial charge < -0.3 is 5.32 Å². The number of nitrogens with zero attached hydrogens (tertiary/aromatic N) is 1. The van der Waals surface area contributed by atoms with E-state index in [4.69, 9.17) is 0 Å². The average molecular weight is 218 g/mol. The molecule has 0 saturated carbocycles. The number of nitrogens with one attached hydrogen (secondary N) is 1. The van der Waals surface area contributed by atoms with Crippen molar-refractivity contribution in [3.63, 3.8) is 0 Å². The lowest BCUT2D eigenvalue weighted by atomic mass is 10.0. The van der Waals surface area contributed by atoms with E-state index >= 15 is 0 Å². The Bertz CT molecular complexity index is 310. The highest BCUT2D eigenvalue weighted by Gasteiger charge is 2.25. The summed E-state index contributed by atoms with van der Waals surface area (Å²) in [5, 5.41) is 3.36. The molecule has 16 heavy (non-hydrogen) atoms. The van der Waals surface area contributed by atoms with Gasteiger partial charge in [-0.3, -0.25) is 4.90 Å². The molecule has 1 saturated heterocycles. The smallest absolute Gasteiger partial charge is 0.0233 e. The minimum absolute atomic E-state index is 0.640. The highest BCUT2D eigenvalue weighted by Crippen LogP contribution is 2.21. The van der Waals surface area contributed by atoms with Gasteiger partial charge in [-0.15, -0.1) is 0 Å². The summed E-state index contributed by atoms with van der Waals surface area (Å²) in [6.45, 7) is 5.87. The van der Waals surface area contributed by atoms with Crippen LogP contribution < -0.4 is 5.32 Å². The lowest BCUT2D eigenvalue weighted by Gasteiger charge is -2.20. The number of hydrogen-bond donors (Lipinski definition) is 1. The first-order valence-corrected chi connectivity index (χ1v) is 6.23. The van der Waals surface area contributed by atoms with Crippen LogP contribution in [0, 0.1) is 5.92 Å². The Hall–Kier alpha value is -0.860. The monoisotopic (exact) mass is 218 g/mol. The predicted molar refractivity (Wildman–Crippen MR) is 68.3 cm³/mol. The number of hydrogen-bond acceptors (Lipinski definition) is 2. The van der Waals surface area contributed by atoms with Crippen LogP contribution in [-0.2, 0) is 6.54 Å². The van der Waals surface area contributed by atoms with Gasteiger partial charge in [0.25, 0.3) is 0 Å². The molecule has 2 heteroatoms. The van der Waals surface area contributed by atoms with Crippen molar-refractivity contribution in [1.82, 2.24) is 10.2 Å². The van der Waals surface area contributed by atoms with Crippen molar-refractivity contribution in [2.75, 3.05) is 20.1 Å². The summed E-state index contributed by atoms with van der Waals surface area (Å²) < 4.78 is 0. The number of benzene rings is 1. The zero-order valence-corrected chi connectivity index (χ0v) is 10.3. The molecule has 1 aromatic rings. The molecule has 1 heterocycles. The highest BCUT2D eigenvalue weighted by molar-refractivity contribution is 5.14. The first-order chi connectivity index (χ1) is 7.79. The third-order valence-electron chi connectivity index (χ3n) is 3.72. The molecular formula is C14H22N2. The molecule has 1 aromatic carbocycles. The SMILES string of the molecule is CN[C@H](C)C1CCN(Cc2ccccc2)C1. The van der Waals surface area contributed by atoms with E-state index in [0.29, 0.717) is 6.04 Å². The van der Waals surface area contributed by atoms with Gasteiger partial charge in [0.15, 0.2) is 0 Å². The van der Waals surface area contributed by atoms with E-state index in [0.717, 1.165) is 12.5 Å². The first kappa shape index (κ1) is 11.6. The first-order valence-electron chi connectivity index (χ1n) is 6.23. The fourth-order valence-electron chi connectivity index (χ4n) is 2.49. The van der Waals surface area contributed by atoms with Crippen LogP contribution in [0.3, 0.4) is 0 Å². The van der Waals surface area contributed by atoms with Crippen LogP contribution >= 0.6 is 0 Å². The van der Waals surface area contributed by atoms with Crippen LogP contribution in [0.4, 0.5) is 0 Å². The van der Waals surface area contributed by atoms with Gasteiger partial charge >= 0.3 is 0 Å².